The molecule has 1 amide bonds. The Labute approximate surface area is 158 Å². The van der Waals surface area contributed by atoms with Gasteiger partial charge >= 0.3 is 7.12 Å². The van der Waals surface area contributed by atoms with Gasteiger partial charge < -0.3 is 20.3 Å². The van der Waals surface area contributed by atoms with E-state index in [0.29, 0.717) is 25.3 Å². The van der Waals surface area contributed by atoms with E-state index in [2.05, 4.69) is 15.3 Å². The fraction of sp³-hybridized carbons (Fsp3) is 0.647. The number of anilines is 1. The molecule has 1 aliphatic rings. The summed E-state index contributed by atoms with van der Waals surface area (Å²) in [5.41, 5.74) is 0. The van der Waals surface area contributed by atoms with E-state index in [1.165, 1.54) is 0 Å². The number of hydrogen-bond acceptors (Lipinski definition) is 7. The summed E-state index contributed by atoms with van der Waals surface area (Å²) in [5, 5.41) is 21.4. The van der Waals surface area contributed by atoms with Crippen LogP contribution in [0, 0.1) is 17.7 Å². The molecule has 1 saturated heterocycles. The quantitative estimate of drug-likeness (QED) is 0.529. The maximum atomic E-state index is 12.9. The van der Waals surface area contributed by atoms with Gasteiger partial charge in [-0.05, 0) is 18.8 Å². The number of aromatic nitrogens is 2. The summed E-state index contributed by atoms with van der Waals surface area (Å²) >= 11 is 0. The predicted octanol–water partition coefficient (Wildman–Crippen LogP) is 0.333. The molecule has 3 atom stereocenters. The molecule has 0 saturated carbocycles. The molecule has 0 bridgehead atoms. The first-order valence-electron chi connectivity index (χ1n) is 9.12. The van der Waals surface area contributed by atoms with Crippen LogP contribution in [-0.2, 0) is 9.59 Å². The molecule has 0 aliphatic carbocycles. The lowest BCUT2D eigenvalue weighted by Gasteiger charge is -2.40. The highest BCUT2D eigenvalue weighted by atomic mass is 19.1. The molecule has 148 valence electrons. The summed E-state index contributed by atoms with van der Waals surface area (Å²) in [4.78, 5) is 34.3. The summed E-state index contributed by atoms with van der Waals surface area (Å²) in [6.45, 7) is 6.05. The first kappa shape index (κ1) is 21.2. The highest BCUT2D eigenvalue weighted by Crippen LogP contribution is 2.25. The molecule has 0 spiro atoms. The lowest BCUT2D eigenvalue weighted by Crippen LogP contribution is -2.54. The van der Waals surface area contributed by atoms with E-state index in [4.69, 9.17) is 0 Å². The van der Waals surface area contributed by atoms with Gasteiger partial charge in [-0.2, -0.15) is 0 Å². The van der Waals surface area contributed by atoms with Gasteiger partial charge in [0.05, 0.1) is 24.4 Å². The van der Waals surface area contributed by atoms with Crippen LogP contribution in [0.5, 0.6) is 0 Å². The molecule has 2 rings (SSSR count). The Bertz CT molecular complexity index is 659. The van der Waals surface area contributed by atoms with Gasteiger partial charge in [0, 0.05) is 18.9 Å². The number of nitrogens with zero attached hydrogens (tertiary/aromatic N) is 3. The molecule has 0 radical (unpaired) electrons. The second kappa shape index (κ2) is 9.23. The lowest BCUT2D eigenvalue weighted by atomic mass is 9.74. The van der Waals surface area contributed by atoms with Crippen molar-refractivity contribution in [2.45, 2.75) is 52.0 Å². The van der Waals surface area contributed by atoms with Gasteiger partial charge in [0.2, 0.25) is 11.9 Å². The van der Waals surface area contributed by atoms with Crippen molar-refractivity contribution in [1.82, 2.24) is 15.3 Å². The molecule has 2 heterocycles. The topological polar surface area (TPSA) is 116 Å². The van der Waals surface area contributed by atoms with E-state index in [9.17, 15) is 24.0 Å². The van der Waals surface area contributed by atoms with Crippen molar-refractivity contribution in [3.8, 4) is 0 Å². The van der Waals surface area contributed by atoms with Gasteiger partial charge in [-0.3, -0.25) is 9.59 Å². The second-order valence-electron chi connectivity index (χ2n) is 7.43. The van der Waals surface area contributed by atoms with E-state index in [-0.39, 0.29) is 18.1 Å². The summed E-state index contributed by atoms with van der Waals surface area (Å²) < 4.78 is 12.9. The molecular weight excluding hydrogens is 354 g/mol. The van der Waals surface area contributed by atoms with E-state index >= 15 is 0 Å². The first-order chi connectivity index (χ1) is 12.7. The van der Waals surface area contributed by atoms with Crippen molar-refractivity contribution >= 4 is 24.8 Å². The molecule has 1 aromatic heterocycles. The van der Waals surface area contributed by atoms with Crippen molar-refractivity contribution in [2.75, 3.05) is 11.4 Å². The Balaban J connectivity index is 1.90. The Morgan fingerprint density at radius 3 is 2.44 bits per heavy atom. The van der Waals surface area contributed by atoms with Crippen molar-refractivity contribution in [2.24, 2.45) is 11.8 Å². The summed E-state index contributed by atoms with van der Waals surface area (Å²) in [6.07, 6.45) is 3.16. The number of carbonyl (C=O) groups is 2. The third kappa shape index (κ3) is 5.70. The van der Waals surface area contributed by atoms with Crippen LogP contribution in [-0.4, -0.2) is 57.4 Å². The van der Waals surface area contributed by atoms with Gasteiger partial charge in [0.15, 0.2) is 11.6 Å². The van der Waals surface area contributed by atoms with Crippen LogP contribution in [0.4, 0.5) is 10.3 Å². The largest absolute Gasteiger partial charge is 0.475 e. The number of ketones is 1. The van der Waals surface area contributed by atoms with Gasteiger partial charge in [0.1, 0.15) is 0 Å². The minimum absolute atomic E-state index is 0.0180. The fourth-order valence-electron chi connectivity index (χ4n) is 3.03. The summed E-state index contributed by atoms with van der Waals surface area (Å²) in [5.74, 6) is -1.99. The number of Topliss-reactive ketones (excluding diaryl/α,β-unsaturated/α-hetero) is 1. The van der Waals surface area contributed by atoms with Crippen LogP contribution in [0.25, 0.3) is 0 Å². The average Bonchev–Trinajstić information content (AvgIpc) is 2.54. The number of carbonyl (C=O) groups excluding carboxylic acids is 2. The Hall–Kier alpha value is -2.07. The molecule has 3 N–H and O–H groups in total. The minimum atomic E-state index is -1.66. The standard InChI is InChI=1S/C17H26BFN4O4/c1-10(2)6-15(18(26)27)22-16(25)11(3)7-14(24)13-4-5-23(13)17-20-8-12(19)9-21-17/h8-11,13,15,26-27H,4-7H2,1-3H3,(H,22,25). The van der Waals surface area contributed by atoms with Crippen LogP contribution >= 0.6 is 0 Å². The predicted molar refractivity (Wildman–Crippen MR) is 98.1 cm³/mol. The van der Waals surface area contributed by atoms with Crippen LogP contribution in [0.1, 0.15) is 40.0 Å². The number of rotatable bonds is 9. The van der Waals surface area contributed by atoms with Crippen LogP contribution in [0.2, 0.25) is 0 Å². The maximum absolute atomic E-state index is 12.9. The van der Waals surface area contributed by atoms with Gasteiger partial charge in [-0.25, -0.2) is 14.4 Å². The van der Waals surface area contributed by atoms with E-state index < -0.39 is 36.7 Å². The molecule has 1 aromatic rings. The molecule has 1 fully saturated rings. The molecule has 10 heteroatoms. The zero-order chi connectivity index (χ0) is 20.1. The molecule has 27 heavy (non-hydrogen) atoms. The van der Waals surface area contributed by atoms with Crippen LogP contribution < -0.4 is 10.2 Å². The fourth-order valence-corrected chi connectivity index (χ4v) is 3.03. The first-order valence-corrected chi connectivity index (χ1v) is 9.12. The van der Waals surface area contributed by atoms with E-state index in [1.54, 1.807) is 11.8 Å². The second-order valence-corrected chi connectivity index (χ2v) is 7.43. The number of halogens is 1. The maximum Gasteiger partial charge on any atom is 0.475 e. The van der Waals surface area contributed by atoms with Gasteiger partial charge in [-0.15, -0.1) is 0 Å². The monoisotopic (exact) mass is 380 g/mol. The highest BCUT2D eigenvalue weighted by Gasteiger charge is 2.37. The SMILES string of the molecule is CC(C)CC(NC(=O)C(C)CC(=O)C1CCN1c1ncc(F)cn1)B(O)O. The zero-order valence-electron chi connectivity index (χ0n) is 15.8. The van der Waals surface area contributed by atoms with Crippen LogP contribution in [0.15, 0.2) is 12.4 Å². The third-order valence-corrected chi connectivity index (χ3v) is 4.62. The van der Waals surface area contributed by atoms with E-state index in [0.717, 1.165) is 12.4 Å². The Morgan fingerprint density at radius 1 is 1.33 bits per heavy atom. The zero-order valence-corrected chi connectivity index (χ0v) is 15.8. The van der Waals surface area contributed by atoms with Crippen molar-refractivity contribution in [3.05, 3.63) is 18.2 Å². The molecular formula is C17H26BFN4O4. The molecule has 1 aliphatic heterocycles. The highest BCUT2D eigenvalue weighted by molar-refractivity contribution is 6.43. The van der Waals surface area contributed by atoms with Gasteiger partial charge in [-0.1, -0.05) is 20.8 Å². The number of nitrogens with one attached hydrogen (secondary N) is 1. The number of hydrogen-bond donors (Lipinski definition) is 3. The van der Waals surface area contributed by atoms with Crippen molar-refractivity contribution in [3.63, 3.8) is 0 Å². The molecule has 8 nitrogen and oxygen atoms in total. The minimum Gasteiger partial charge on any atom is -0.426 e. The lowest BCUT2D eigenvalue weighted by molar-refractivity contribution is -0.130. The Morgan fingerprint density at radius 2 is 1.96 bits per heavy atom. The Kier molecular flexibility index (Phi) is 7.26. The summed E-state index contributed by atoms with van der Waals surface area (Å²) in [6, 6.07) is -0.430. The normalized spacial score (nSPS) is 18.6. The van der Waals surface area contributed by atoms with E-state index in [1.807, 2.05) is 13.8 Å². The number of amides is 1. The van der Waals surface area contributed by atoms with Crippen LogP contribution in [0.3, 0.4) is 0 Å². The van der Waals surface area contributed by atoms with Crippen molar-refractivity contribution < 1.29 is 24.0 Å². The average molecular weight is 380 g/mol. The van der Waals surface area contributed by atoms with Gasteiger partial charge in [0.25, 0.3) is 0 Å². The molecule has 0 aromatic carbocycles. The smallest absolute Gasteiger partial charge is 0.426 e. The summed E-state index contributed by atoms with van der Waals surface area (Å²) in [7, 11) is -1.66. The third-order valence-electron chi connectivity index (χ3n) is 4.62. The molecule has 3 unspecified atom stereocenters. The van der Waals surface area contributed by atoms with Crippen molar-refractivity contribution in [1.29, 1.82) is 0 Å².